The molecule has 0 atom stereocenters. The van der Waals surface area contributed by atoms with E-state index in [4.69, 9.17) is 14.3 Å². The second-order valence-electron chi connectivity index (χ2n) is 8.19. The van der Waals surface area contributed by atoms with Gasteiger partial charge in [0.15, 0.2) is 0 Å². The van der Waals surface area contributed by atoms with E-state index < -0.39 is 5.91 Å². The number of furan rings is 1. The third kappa shape index (κ3) is 3.86. The number of para-hydroxylation sites is 1. The number of hydrogen-bond donors (Lipinski definition) is 1. The molecule has 0 unspecified atom stereocenters. The summed E-state index contributed by atoms with van der Waals surface area (Å²) in [6.07, 6.45) is 1.36. The maximum absolute atomic E-state index is 13.5. The smallest absolute Gasteiger partial charge is 0.265 e. The normalized spacial score (nSPS) is 11.1. The van der Waals surface area contributed by atoms with Crippen LogP contribution in [-0.4, -0.2) is 32.3 Å². The first kappa shape index (κ1) is 22.1. The minimum Gasteiger partial charge on any atom is -0.496 e. The minimum absolute atomic E-state index is 0.123. The summed E-state index contributed by atoms with van der Waals surface area (Å²) in [5.74, 6) is 0.894. The number of anilines is 1. The number of benzene rings is 2. The van der Waals surface area contributed by atoms with E-state index in [9.17, 15) is 9.59 Å². The molecule has 0 fully saturated rings. The average molecular weight is 470 g/mol. The molecule has 0 bridgehead atoms. The molecule has 9 heteroatoms. The van der Waals surface area contributed by atoms with Crippen LogP contribution in [0.3, 0.4) is 0 Å². The number of fused-ring (bicyclic) bond motifs is 1. The Kier molecular flexibility index (Phi) is 5.44. The summed E-state index contributed by atoms with van der Waals surface area (Å²) in [7, 11) is 3.17. The highest BCUT2D eigenvalue weighted by molar-refractivity contribution is 6.12. The zero-order valence-corrected chi connectivity index (χ0v) is 19.7. The first-order chi connectivity index (χ1) is 16.9. The Morgan fingerprint density at radius 3 is 2.57 bits per heavy atom. The molecule has 0 saturated carbocycles. The zero-order valence-electron chi connectivity index (χ0n) is 19.7. The number of hydrogen-bond acceptors (Lipinski definition) is 6. The van der Waals surface area contributed by atoms with Gasteiger partial charge in [0.05, 0.1) is 24.1 Å². The number of amides is 1. The molecule has 35 heavy (non-hydrogen) atoms. The van der Waals surface area contributed by atoms with Crippen LogP contribution in [0.15, 0.2) is 70.1 Å². The van der Waals surface area contributed by atoms with E-state index in [1.54, 1.807) is 31.8 Å². The molecule has 0 aliphatic carbocycles. The van der Waals surface area contributed by atoms with Gasteiger partial charge in [-0.05, 0) is 38.1 Å². The average Bonchev–Trinajstić information content (AvgIpc) is 3.42. The Morgan fingerprint density at radius 2 is 1.83 bits per heavy atom. The Balaban J connectivity index is 1.63. The van der Waals surface area contributed by atoms with Crippen molar-refractivity contribution in [2.45, 2.75) is 13.8 Å². The predicted octanol–water partition coefficient (Wildman–Crippen LogP) is 4.26. The van der Waals surface area contributed by atoms with Gasteiger partial charge in [0, 0.05) is 18.7 Å². The van der Waals surface area contributed by atoms with Gasteiger partial charge in [0.2, 0.25) is 5.71 Å². The molecule has 2 aromatic carbocycles. The third-order valence-corrected chi connectivity index (χ3v) is 5.79. The first-order valence-corrected chi connectivity index (χ1v) is 10.9. The highest BCUT2D eigenvalue weighted by atomic mass is 16.5. The van der Waals surface area contributed by atoms with Gasteiger partial charge in [-0.1, -0.05) is 29.8 Å². The monoisotopic (exact) mass is 469 g/mol. The van der Waals surface area contributed by atoms with Crippen LogP contribution in [0.2, 0.25) is 0 Å². The Morgan fingerprint density at radius 1 is 1.09 bits per heavy atom. The summed E-state index contributed by atoms with van der Waals surface area (Å²) in [4.78, 5) is 30.4. The molecule has 176 valence electrons. The van der Waals surface area contributed by atoms with Crippen molar-refractivity contribution in [2.75, 3.05) is 12.4 Å². The predicted molar refractivity (Wildman–Crippen MR) is 132 cm³/mol. The van der Waals surface area contributed by atoms with Crippen LogP contribution in [0.5, 0.6) is 5.75 Å². The molecule has 5 aromatic rings. The van der Waals surface area contributed by atoms with Crippen molar-refractivity contribution in [2.24, 2.45) is 7.05 Å². The molecule has 0 aliphatic heterocycles. The van der Waals surface area contributed by atoms with Crippen molar-refractivity contribution >= 4 is 22.8 Å². The number of ether oxygens (including phenoxy) is 1. The third-order valence-electron chi connectivity index (χ3n) is 5.79. The fourth-order valence-electron chi connectivity index (χ4n) is 3.98. The van der Waals surface area contributed by atoms with E-state index in [-0.39, 0.29) is 22.2 Å². The fourth-order valence-corrected chi connectivity index (χ4v) is 3.98. The number of rotatable bonds is 5. The Bertz CT molecular complexity index is 1630. The summed E-state index contributed by atoms with van der Waals surface area (Å²) in [5.41, 5.74) is 3.16. The van der Waals surface area contributed by atoms with Gasteiger partial charge in [0.1, 0.15) is 29.0 Å². The molecule has 1 N–H and O–H groups in total. The standard InChI is InChI=1S/C26H23N5O4/c1-15-9-11-17(12-10-15)31-21(13-19(29-31)18-7-5-6-8-20(18)34-4)28-24(32)22-16(2)35-25-23(22)26(33)30(3)14-27-25/h5-14H,1-4H3,(H,28,32). The SMILES string of the molecule is COc1ccccc1-c1cc(NC(=O)c2c(C)oc3ncn(C)c(=O)c23)n(-c2ccc(C)cc2)n1. The highest BCUT2D eigenvalue weighted by Gasteiger charge is 2.24. The number of carbonyl (C=O) groups is 1. The highest BCUT2D eigenvalue weighted by Crippen LogP contribution is 2.32. The fraction of sp³-hybridized carbons (Fsp3) is 0.154. The summed E-state index contributed by atoms with van der Waals surface area (Å²) in [5, 5.41) is 7.81. The maximum atomic E-state index is 13.5. The van der Waals surface area contributed by atoms with Crippen LogP contribution >= 0.6 is 0 Å². The van der Waals surface area contributed by atoms with Gasteiger partial charge in [-0.3, -0.25) is 9.59 Å². The molecule has 0 saturated heterocycles. The van der Waals surface area contributed by atoms with Crippen LogP contribution in [0.25, 0.3) is 28.0 Å². The van der Waals surface area contributed by atoms with Crippen LogP contribution < -0.4 is 15.6 Å². The summed E-state index contributed by atoms with van der Waals surface area (Å²) in [6, 6.07) is 17.1. The van der Waals surface area contributed by atoms with Gasteiger partial charge >= 0.3 is 0 Å². The number of aromatic nitrogens is 4. The van der Waals surface area contributed by atoms with Gasteiger partial charge in [0.25, 0.3) is 11.5 Å². The lowest BCUT2D eigenvalue weighted by molar-refractivity contribution is 0.102. The molecule has 0 aliphatic rings. The van der Waals surface area contributed by atoms with Crippen molar-refractivity contribution in [3.63, 3.8) is 0 Å². The number of aryl methyl sites for hydroxylation is 3. The number of carbonyl (C=O) groups excluding carboxylic acids is 1. The quantitative estimate of drug-likeness (QED) is 0.413. The minimum atomic E-state index is -0.494. The Labute approximate surface area is 200 Å². The molecule has 9 nitrogen and oxygen atoms in total. The lowest BCUT2D eigenvalue weighted by Gasteiger charge is -2.09. The van der Waals surface area contributed by atoms with Gasteiger partial charge < -0.3 is 19.0 Å². The zero-order chi connectivity index (χ0) is 24.7. The molecular weight excluding hydrogens is 446 g/mol. The van der Waals surface area contributed by atoms with Crippen molar-refractivity contribution in [3.8, 4) is 22.7 Å². The molecular formula is C26H23N5O4. The molecule has 0 radical (unpaired) electrons. The summed E-state index contributed by atoms with van der Waals surface area (Å²) in [6.45, 7) is 3.63. The number of nitrogens with zero attached hydrogens (tertiary/aromatic N) is 4. The van der Waals surface area contributed by atoms with Crippen LogP contribution in [0, 0.1) is 13.8 Å². The van der Waals surface area contributed by atoms with Crippen LogP contribution in [0.4, 0.5) is 5.82 Å². The van der Waals surface area contributed by atoms with E-state index >= 15 is 0 Å². The number of nitrogens with one attached hydrogen (secondary N) is 1. The van der Waals surface area contributed by atoms with E-state index in [2.05, 4.69) is 10.3 Å². The second kappa shape index (κ2) is 8.60. The van der Waals surface area contributed by atoms with Crippen molar-refractivity contribution < 1.29 is 13.9 Å². The van der Waals surface area contributed by atoms with Crippen LogP contribution in [0.1, 0.15) is 21.7 Å². The Hall–Kier alpha value is -4.66. The molecule has 3 aromatic heterocycles. The molecule has 0 spiro atoms. The van der Waals surface area contributed by atoms with Crippen molar-refractivity contribution in [1.29, 1.82) is 0 Å². The molecule has 5 rings (SSSR count). The maximum Gasteiger partial charge on any atom is 0.265 e. The van der Waals surface area contributed by atoms with E-state index in [1.165, 1.54) is 10.9 Å². The molecule has 3 heterocycles. The van der Waals surface area contributed by atoms with Crippen molar-refractivity contribution in [1.82, 2.24) is 19.3 Å². The van der Waals surface area contributed by atoms with Crippen molar-refractivity contribution in [3.05, 3.63) is 88.2 Å². The first-order valence-electron chi connectivity index (χ1n) is 10.9. The molecule has 1 amide bonds. The second-order valence-corrected chi connectivity index (χ2v) is 8.19. The topological polar surface area (TPSA) is 104 Å². The summed E-state index contributed by atoms with van der Waals surface area (Å²) >= 11 is 0. The van der Waals surface area contributed by atoms with Gasteiger partial charge in [-0.2, -0.15) is 5.10 Å². The van der Waals surface area contributed by atoms with Crippen LogP contribution in [-0.2, 0) is 7.05 Å². The largest absolute Gasteiger partial charge is 0.496 e. The van der Waals surface area contributed by atoms with E-state index in [0.29, 0.717) is 23.0 Å². The van der Waals surface area contributed by atoms with Gasteiger partial charge in [-0.25, -0.2) is 9.67 Å². The number of methoxy groups -OCH3 is 1. The van der Waals surface area contributed by atoms with Gasteiger partial charge in [-0.15, -0.1) is 0 Å². The van der Waals surface area contributed by atoms with E-state index in [1.807, 2.05) is 55.5 Å². The summed E-state index contributed by atoms with van der Waals surface area (Å²) < 4.78 is 14.1. The van der Waals surface area contributed by atoms with E-state index in [0.717, 1.165) is 16.8 Å². The lowest BCUT2D eigenvalue weighted by atomic mass is 10.1. The lowest BCUT2D eigenvalue weighted by Crippen LogP contribution is -2.21.